The van der Waals surface area contributed by atoms with Crippen LogP contribution in [0.3, 0.4) is 0 Å². The van der Waals surface area contributed by atoms with E-state index in [4.69, 9.17) is 10.5 Å². The van der Waals surface area contributed by atoms with Crippen LogP contribution < -0.4 is 10.5 Å². The molecule has 0 aliphatic rings. The average Bonchev–Trinajstić information content (AvgIpc) is 2.72. The van der Waals surface area contributed by atoms with Crippen molar-refractivity contribution in [3.05, 3.63) is 59.9 Å². The number of hydrogen-bond acceptors (Lipinski definition) is 3. The SMILES string of the molecule is CCCCCCCCCCCCOc1ccc(C(N)c2ccccn2)cc1. The number of rotatable bonds is 14. The Kier molecular flexibility index (Phi) is 10.6. The number of hydrogen-bond donors (Lipinski definition) is 1. The predicted octanol–water partition coefficient (Wildman–Crippen LogP) is 6.43. The van der Waals surface area contributed by atoms with E-state index >= 15 is 0 Å². The maximum absolute atomic E-state index is 6.28. The lowest BCUT2D eigenvalue weighted by Gasteiger charge is -2.12. The summed E-state index contributed by atoms with van der Waals surface area (Å²) in [5, 5.41) is 0. The molecule has 0 aliphatic carbocycles. The van der Waals surface area contributed by atoms with E-state index in [2.05, 4.69) is 11.9 Å². The molecule has 1 atom stereocenters. The first-order valence-electron chi connectivity index (χ1n) is 10.7. The van der Waals surface area contributed by atoms with Gasteiger partial charge in [-0.3, -0.25) is 4.98 Å². The van der Waals surface area contributed by atoms with Crippen LogP contribution in [0.15, 0.2) is 48.7 Å². The van der Waals surface area contributed by atoms with Gasteiger partial charge >= 0.3 is 0 Å². The Bertz CT molecular complexity index is 598. The Hall–Kier alpha value is -1.87. The fraction of sp³-hybridized carbons (Fsp3) is 0.542. The van der Waals surface area contributed by atoms with Crippen molar-refractivity contribution in [2.45, 2.75) is 77.2 Å². The second-order valence-electron chi connectivity index (χ2n) is 7.33. The number of unbranched alkanes of at least 4 members (excludes halogenated alkanes) is 9. The molecule has 3 heteroatoms. The number of aromatic nitrogens is 1. The Labute approximate surface area is 165 Å². The molecule has 2 N–H and O–H groups in total. The number of benzene rings is 1. The molecule has 0 spiro atoms. The van der Waals surface area contributed by atoms with Crippen LogP contribution in [-0.2, 0) is 0 Å². The molecule has 1 aromatic carbocycles. The van der Waals surface area contributed by atoms with Gasteiger partial charge < -0.3 is 10.5 Å². The lowest BCUT2D eigenvalue weighted by Crippen LogP contribution is -2.13. The van der Waals surface area contributed by atoms with Crippen molar-refractivity contribution in [3.63, 3.8) is 0 Å². The standard InChI is InChI=1S/C24H36N2O/c1-2-3-4-5-6-7-8-9-10-13-20-27-22-17-15-21(16-18-22)24(25)23-14-11-12-19-26-23/h11-12,14-19,24H,2-10,13,20,25H2,1H3. The van der Waals surface area contributed by atoms with Crippen LogP contribution in [-0.4, -0.2) is 11.6 Å². The van der Waals surface area contributed by atoms with E-state index < -0.39 is 0 Å². The Morgan fingerprint density at radius 3 is 2.04 bits per heavy atom. The topological polar surface area (TPSA) is 48.1 Å². The third-order valence-corrected chi connectivity index (χ3v) is 5.01. The first kappa shape index (κ1) is 21.4. The zero-order valence-corrected chi connectivity index (χ0v) is 16.9. The number of ether oxygens (including phenoxy) is 1. The summed E-state index contributed by atoms with van der Waals surface area (Å²) in [5.41, 5.74) is 8.22. The lowest BCUT2D eigenvalue weighted by atomic mass is 10.0. The molecule has 2 rings (SSSR count). The minimum atomic E-state index is -0.192. The van der Waals surface area contributed by atoms with Gasteiger partial charge in [0, 0.05) is 6.20 Å². The van der Waals surface area contributed by atoms with Crippen LogP contribution in [0.4, 0.5) is 0 Å². The van der Waals surface area contributed by atoms with Gasteiger partial charge in [0.25, 0.3) is 0 Å². The summed E-state index contributed by atoms with van der Waals surface area (Å²) in [6.45, 7) is 3.07. The van der Waals surface area contributed by atoms with Gasteiger partial charge in [0.15, 0.2) is 0 Å². The van der Waals surface area contributed by atoms with E-state index in [1.54, 1.807) is 6.20 Å². The van der Waals surface area contributed by atoms with Crippen molar-refractivity contribution >= 4 is 0 Å². The fourth-order valence-electron chi connectivity index (χ4n) is 3.28. The van der Waals surface area contributed by atoms with Gasteiger partial charge in [-0.2, -0.15) is 0 Å². The summed E-state index contributed by atoms with van der Waals surface area (Å²) in [7, 11) is 0. The minimum Gasteiger partial charge on any atom is -0.494 e. The summed E-state index contributed by atoms with van der Waals surface area (Å²) in [5.74, 6) is 0.919. The lowest BCUT2D eigenvalue weighted by molar-refractivity contribution is 0.304. The first-order chi connectivity index (χ1) is 13.3. The maximum Gasteiger partial charge on any atom is 0.119 e. The van der Waals surface area contributed by atoms with Gasteiger partial charge in [-0.1, -0.05) is 82.9 Å². The Balaban J connectivity index is 1.55. The smallest absolute Gasteiger partial charge is 0.119 e. The Morgan fingerprint density at radius 1 is 0.815 bits per heavy atom. The van der Waals surface area contributed by atoms with E-state index in [-0.39, 0.29) is 6.04 Å². The van der Waals surface area contributed by atoms with Crippen molar-refractivity contribution in [2.75, 3.05) is 6.61 Å². The van der Waals surface area contributed by atoms with Crippen molar-refractivity contribution in [1.29, 1.82) is 0 Å². The summed E-state index contributed by atoms with van der Waals surface area (Å²) in [4.78, 5) is 4.33. The van der Waals surface area contributed by atoms with Crippen LogP contribution in [0.2, 0.25) is 0 Å². The van der Waals surface area contributed by atoms with Crippen LogP contribution in [0.1, 0.15) is 88.4 Å². The normalized spacial score (nSPS) is 12.1. The number of pyridine rings is 1. The van der Waals surface area contributed by atoms with Gasteiger partial charge in [-0.25, -0.2) is 0 Å². The summed E-state index contributed by atoms with van der Waals surface area (Å²) in [6.07, 6.45) is 15.2. The number of nitrogens with two attached hydrogens (primary N) is 1. The summed E-state index contributed by atoms with van der Waals surface area (Å²) < 4.78 is 5.86. The highest BCUT2D eigenvalue weighted by atomic mass is 16.5. The molecule has 1 heterocycles. The van der Waals surface area contributed by atoms with Gasteiger partial charge in [0.1, 0.15) is 5.75 Å². The molecule has 0 radical (unpaired) electrons. The van der Waals surface area contributed by atoms with Crippen molar-refractivity contribution in [1.82, 2.24) is 4.98 Å². The highest BCUT2D eigenvalue weighted by Crippen LogP contribution is 2.21. The van der Waals surface area contributed by atoms with Crippen LogP contribution in [0, 0.1) is 0 Å². The van der Waals surface area contributed by atoms with Crippen LogP contribution in [0.5, 0.6) is 5.75 Å². The zero-order valence-electron chi connectivity index (χ0n) is 16.9. The van der Waals surface area contributed by atoms with Crippen molar-refractivity contribution in [2.24, 2.45) is 5.73 Å². The van der Waals surface area contributed by atoms with Crippen molar-refractivity contribution < 1.29 is 4.74 Å². The molecule has 1 aromatic heterocycles. The van der Waals surface area contributed by atoms with E-state index in [1.165, 1.54) is 57.8 Å². The molecule has 0 fully saturated rings. The molecule has 3 nitrogen and oxygen atoms in total. The quantitative estimate of drug-likeness (QED) is 0.391. The second-order valence-corrected chi connectivity index (χ2v) is 7.33. The van der Waals surface area contributed by atoms with E-state index in [0.29, 0.717) is 0 Å². The third-order valence-electron chi connectivity index (χ3n) is 5.01. The van der Waals surface area contributed by atoms with Crippen LogP contribution >= 0.6 is 0 Å². The van der Waals surface area contributed by atoms with Gasteiger partial charge in [-0.05, 0) is 36.2 Å². The molecular formula is C24H36N2O. The predicted molar refractivity (Wildman–Crippen MR) is 114 cm³/mol. The molecule has 2 aromatic rings. The van der Waals surface area contributed by atoms with E-state index in [0.717, 1.165) is 30.0 Å². The average molecular weight is 369 g/mol. The van der Waals surface area contributed by atoms with Crippen molar-refractivity contribution in [3.8, 4) is 5.75 Å². The summed E-state index contributed by atoms with van der Waals surface area (Å²) >= 11 is 0. The fourth-order valence-corrected chi connectivity index (χ4v) is 3.28. The molecule has 0 saturated carbocycles. The van der Waals surface area contributed by atoms with E-state index in [9.17, 15) is 0 Å². The van der Waals surface area contributed by atoms with Gasteiger partial charge in [0.05, 0.1) is 18.3 Å². The molecule has 27 heavy (non-hydrogen) atoms. The molecule has 0 amide bonds. The molecular weight excluding hydrogens is 332 g/mol. The second kappa shape index (κ2) is 13.3. The molecule has 148 valence electrons. The maximum atomic E-state index is 6.28. The minimum absolute atomic E-state index is 0.192. The molecule has 0 aliphatic heterocycles. The first-order valence-corrected chi connectivity index (χ1v) is 10.7. The largest absolute Gasteiger partial charge is 0.494 e. The molecule has 0 bridgehead atoms. The van der Waals surface area contributed by atoms with Gasteiger partial charge in [0.2, 0.25) is 0 Å². The highest BCUT2D eigenvalue weighted by molar-refractivity contribution is 5.32. The molecule has 1 unspecified atom stereocenters. The Morgan fingerprint density at radius 2 is 1.44 bits per heavy atom. The monoisotopic (exact) mass is 368 g/mol. The highest BCUT2D eigenvalue weighted by Gasteiger charge is 2.09. The third kappa shape index (κ3) is 8.57. The van der Waals surface area contributed by atoms with Crippen LogP contribution in [0.25, 0.3) is 0 Å². The zero-order chi connectivity index (χ0) is 19.2. The summed E-state index contributed by atoms with van der Waals surface area (Å²) in [6, 6.07) is 13.7. The van der Waals surface area contributed by atoms with Gasteiger partial charge in [-0.15, -0.1) is 0 Å². The number of nitrogens with zero attached hydrogens (tertiary/aromatic N) is 1. The molecule has 0 saturated heterocycles. The van der Waals surface area contributed by atoms with E-state index in [1.807, 2.05) is 42.5 Å².